The van der Waals surface area contributed by atoms with Crippen molar-refractivity contribution in [1.82, 2.24) is 9.97 Å². The number of hydrogen-bond donors (Lipinski definition) is 1. The maximum absolute atomic E-state index is 8.73. The van der Waals surface area contributed by atoms with Crippen LogP contribution in [0.2, 0.25) is 0 Å². The molecule has 0 saturated heterocycles. The number of pyridine rings is 1. The van der Waals surface area contributed by atoms with Crippen LogP contribution in [0.1, 0.15) is 12.5 Å². The second kappa shape index (κ2) is 3.51. The summed E-state index contributed by atoms with van der Waals surface area (Å²) in [6, 6.07) is 4.22. The van der Waals surface area contributed by atoms with Gasteiger partial charge in [-0.1, -0.05) is 0 Å². The van der Waals surface area contributed by atoms with Crippen molar-refractivity contribution in [3.05, 3.63) is 30.2 Å². The Balaban J connectivity index is 2.39. The number of rotatable bonds is 2. The van der Waals surface area contributed by atoms with Crippen LogP contribution in [0.15, 0.2) is 24.7 Å². The highest BCUT2D eigenvalue weighted by molar-refractivity contribution is 5.82. The van der Waals surface area contributed by atoms with Crippen LogP contribution in [-0.2, 0) is 6.42 Å². The van der Waals surface area contributed by atoms with Gasteiger partial charge in [-0.25, -0.2) is 0 Å². The van der Waals surface area contributed by atoms with Gasteiger partial charge in [-0.3, -0.25) is 4.98 Å². The second-order valence-corrected chi connectivity index (χ2v) is 3.47. The van der Waals surface area contributed by atoms with Crippen LogP contribution in [0, 0.1) is 17.2 Å². The van der Waals surface area contributed by atoms with Crippen LogP contribution in [0.3, 0.4) is 0 Å². The Morgan fingerprint density at radius 3 is 3.29 bits per heavy atom. The van der Waals surface area contributed by atoms with Crippen molar-refractivity contribution in [1.29, 1.82) is 5.26 Å². The van der Waals surface area contributed by atoms with Crippen molar-refractivity contribution in [3.8, 4) is 6.07 Å². The van der Waals surface area contributed by atoms with E-state index >= 15 is 0 Å². The Hall–Kier alpha value is -1.82. The first-order valence-electron chi connectivity index (χ1n) is 4.61. The van der Waals surface area contributed by atoms with E-state index in [-0.39, 0.29) is 5.92 Å². The molecule has 0 aromatic carbocycles. The monoisotopic (exact) mass is 185 g/mol. The lowest BCUT2D eigenvalue weighted by Crippen LogP contribution is -1.94. The van der Waals surface area contributed by atoms with E-state index in [2.05, 4.69) is 16.0 Å². The van der Waals surface area contributed by atoms with E-state index in [1.54, 1.807) is 12.4 Å². The van der Waals surface area contributed by atoms with Crippen molar-refractivity contribution in [2.75, 3.05) is 0 Å². The largest absolute Gasteiger partial charge is 0.360 e. The first-order valence-corrected chi connectivity index (χ1v) is 4.61. The molecule has 2 rings (SSSR count). The quantitative estimate of drug-likeness (QED) is 0.780. The maximum atomic E-state index is 8.73. The van der Waals surface area contributed by atoms with E-state index in [1.165, 1.54) is 10.9 Å². The number of nitriles is 1. The summed E-state index contributed by atoms with van der Waals surface area (Å²) < 4.78 is 0. The zero-order valence-electron chi connectivity index (χ0n) is 7.99. The Morgan fingerprint density at radius 2 is 2.50 bits per heavy atom. The van der Waals surface area contributed by atoms with Gasteiger partial charge in [0.2, 0.25) is 0 Å². The molecule has 0 saturated carbocycles. The molecule has 0 radical (unpaired) electrons. The van der Waals surface area contributed by atoms with E-state index in [0.29, 0.717) is 0 Å². The zero-order chi connectivity index (χ0) is 9.97. The number of nitrogens with one attached hydrogen (secondary N) is 1. The van der Waals surface area contributed by atoms with Crippen LogP contribution in [-0.4, -0.2) is 9.97 Å². The molecule has 2 heterocycles. The van der Waals surface area contributed by atoms with Gasteiger partial charge in [0.1, 0.15) is 0 Å². The van der Waals surface area contributed by atoms with Crippen LogP contribution >= 0.6 is 0 Å². The van der Waals surface area contributed by atoms with Gasteiger partial charge >= 0.3 is 0 Å². The van der Waals surface area contributed by atoms with Gasteiger partial charge < -0.3 is 4.98 Å². The number of aromatic nitrogens is 2. The van der Waals surface area contributed by atoms with Gasteiger partial charge in [0.15, 0.2) is 0 Å². The molecule has 0 fully saturated rings. The second-order valence-electron chi connectivity index (χ2n) is 3.47. The maximum Gasteiger partial charge on any atom is 0.0656 e. The molecule has 0 aliphatic carbocycles. The molecule has 0 aliphatic rings. The highest BCUT2D eigenvalue weighted by Crippen LogP contribution is 2.19. The molecule has 2 aromatic heterocycles. The van der Waals surface area contributed by atoms with Crippen molar-refractivity contribution in [2.24, 2.45) is 5.92 Å². The molecule has 1 N–H and O–H groups in total. The molecular weight excluding hydrogens is 174 g/mol. The summed E-state index contributed by atoms with van der Waals surface area (Å²) in [4.78, 5) is 7.17. The Labute approximate surface area is 82.4 Å². The van der Waals surface area contributed by atoms with Gasteiger partial charge in [-0.05, 0) is 25.0 Å². The van der Waals surface area contributed by atoms with Crippen molar-refractivity contribution in [2.45, 2.75) is 13.3 Å². The standard InChI is InChI=1S/C11H11N3/c1-8(5-12)4-9-6-14-11-7-13-3-2-10(9)11/h2-3,6-8,14H,4H2,1H3. The topological polar surface area (TPSA) is 52.5 Å². The average molecular weight is 185 g/mol. The van der Waals surface area contributed by atoms with E-state index < -0.39 is 0 Å². The van der Waals surface area contributed by atoms with Crippen molar-refractivity contribution in [3.63, 3.8) is 0 Å². The lowest BCUT2D eigenvalue weighted by molar-refractivity contribution is 0.743. The fraction of sp³-hybridized carbons (Fsp3) is 0.273. The fourth-order valence-electron chi connectivity index (χ4n) is 1.58. The third-order valence-corrected chi connectivity index (χ3v) is 2.32. The molecular formula is C11H11N3. The van der Waals surface area contributed by atoms with E-state index in [4.69, 9.17) is 5.26 Å². The van der Waals surface area contributed by atoms with Crippen LogP contribution in [0.25, 0.3) is 10.9 Å². The summed E-state index contributed by atoms with van der Waals surface area (Å²) in [6.45, 7) is 1.93. The number of fused-ring (bicyclic) bond motifs is 1. The van der Waals surface area contributed by atoms with Crippen molar-refractivity contribution >= 4 is 10.9 Å². The highest BCUT2D eigenvalue weighted by atomic mass is 14.7. The van der Waals surface area contributed by atoms with E-state index in [9.17, 15) is 0 Å². The third-order valence-electron chi connectivity index (χ3n) is 2.32. The van der Waals surface area contributed by atoms with Gasteiger partial charge in [0, 0.05) is 23.7 Å². The van der Waals surface area contributed by atoms with Gasteiger partial charge in [-0.2, -0.15) is 5.26 Å². The summed E-state index contributed by atoms with van der Waals surface area (Å²) in [5.41, 5.74) is 2.23. The number of hydrogen-bond acceptors (Lipinski definition) is 2. The van der Waals surface area contributed by atoms with Crippen LogP contribution in [0.4, 0.5) is 0 Å². The third kappa shape index (κ3) is 1.47. The zero-order valence-corrected chi connectivity index (χ0v) is 7.99. The molecule has 2 aromatic rings. The molecule has 0 bridgehead atoms. The predicted octanol–water partition coefficient (Wildman–Crippen LogP) is 2.27. The summed E-state index contributed by atoms with van der Waals surface area (Å²) in [7, 11) is 0. The summed E-state index contributed by atoms with van der Waals surface area (Å²) in [5.74, 6) is 0.0576. The number of H-pyrrole nitrogens is 1. The Morgan fingerprint density at radius 1 is 1.64 bits per heavy atom. The Bertz CT molecular complexity index is 478. The summed E-state index contributed by atoms with van der Waals surface area (Å²) >= 11 is 0. The predicted molar refractivity (Wildman–Crippen MR) is 54.6 cm³/mol. The average Bonchev–Trinajstić information content (AvgIpc) is 2.62. The van der Waals surface area contributed by atoms with Crippen LogP contribution in [0.5, 0.6) is 0 Å². The molecule has 1 unspecified atom stereocenters. The van der Waals surface area contributed by atoms with Gasteiger partial charge in [-0.15, -0.1) is 0 Å². The minimum absolute atomic E-state index is 0.0576. The first kappa shape index (κ1) is 8.76. The molecule has 0 amide bonds. The molecule has 3 nitrogen and oxygen atoms in total. The summed E-state index contributed by atoms with van der Waals surface area (Å²) in [6.07, 6.45) is 6.33. The lowest BCUT2D eigenvalue weighted by Gasteiger charge is -1.99. The minimum atomic E-state index is 0.0576. The smallest absolute Gasteiger partial charge is 0.0656 e. The Kier molecular flexibility index (Phi) is 2.19. The summed E-state index contributed by atoms with van der Waals surface area (Å²) in [5, 5.41) is 9.90. The van der Waals surface area contributed by atoms with E-state index in [0.717, 1.165) is 11.9 Å². The number of aromatic amines is 1. The fourth-order valence-corrected chi connectivity index (χ4v) is 1.58. The molecule has 0 spiro atoms. The SMILES string of the molecule is CC(C#N)Cc1c[nH]c2cnccc12. The molecule has 70 valence electrons. The molecule has 0 aliphatic heterocycles. The van der Waals surface area contributed by atoms with E-state index in [1.807, 2.05) is 19.2 Å². The molecule has 14 heavy (non-hydrogen) atoms. The van der Waals surface area contributed by atoms with Crippen molar-refractivity contribution < 1.29 is 0 Å². The van der Waals surface area contributed by atoms with Gasteiger partial charge in [0.05, 0.1) is 17.8 Å². The number of nitrogens with zero attached hydrogens (tertiary/aromatic N) is 2. The lowest BCUT2D eigenvalue weighted by atomic mass is 10.0. The first-order chi connectivity index (χ1) is 6.81. The van der Waals surface area contributed by atoms with Crippen LogP contribution < -0.4 is 0 Å². The van der Waals surface area contributed by atoms with Gasteiger partial charge in [0.25, 0.3) is 0 Å². The molecule has 3 heteroatoms. The molecule has 1 atom stereocenters. The normalized spacial score (nSPS) is 12.6. The minimum Gasteiger partial charge on any atom is -0.360 e. The highest BCUT2D eigenvalue weighted by Gasteiger charge is 2.06.